The van der Waals surface area contributed by atoms with Crippen LogP contribution in [0.3, 0.4) is 0 Å². The minimum Gasteiger partial charge on any atom is -0.476 e. The first kappa shape index (κ1) is 13.3. The molecule has 18 heavy (non-hydrogen) atoms. The van der Waals surface area contributed by atoms with Gasteiger partial charge in [-0.05, 0) is 41.6 Å². The van der Waals surface area contributed by atoms with E-state index >= 15 is 0 Å². The van der Waals surface area contributed by atoms with Crippen LogP contribution < -0.4 is 0 Å². The highest BCUT2D eigenvalue weighted by Crippen LogP contribution is 2.27. The fourth-order valence-electron chi connectivity index (χ4n) is 1.53. The van der Waals surface area contributed by atoms with Crippen molar-refractivity contribution < 1.29 is 14.3 Å². The molecule has 0 saturated heterocycles. The predicted octanol–water partition coefficient (Wildman–Crippen LogP) is 3.28. The smallest absolute Gasteiger partial charge is 0.357 e. The summed E-state index contributed by atoms with van der Waals surface area (Å²) in [6, 6.07) is 4.24. The average molecular weight is 381 g/mol. The molecule has 0 aliphatic rings. The minimum absolute atomic E-state index is 0.0575. The molecule has 2 rings (SSSR count). The van der Waals surface area contributed by atoms with Crippen molar-refractivity contribution in [1.82, 2.24) is 9.78 Å². The van der Waals surface area contributed by atoms with Gasteiger partial charge in [0, 0.05) is 0 Å². The molecule has 0 unspecified atom stereocenters. The van der Waals surface area contributed by atoms with Crippen molar-refractivity contribution >= 4 is 40.2 Å². The molecule has 7 heteroatoms. The Bertz CT molecular complexity index is 622. The molecule has 0 atom stereocenters. The van der Waals surface area contributed by atoms with Gasteiger partial charge in [0.25, 0.3) is 0 Å². The van der Waals surface area contributed by atoms with E-state index in [-0.39, 0.29) is 16.4 Å². The number of halogens is 3. The largest absolute Gasteiger partial charge is 0.476 e. The lowest BCUT2D eigenvalue weighted by Gasteiger charge is -2.07. The summed E-state index contributed by atoms with van der Waals surface area (Å²) in [5.74, 6) is -1.71. The molecule has 2 aromatic rings. The molecule has 1 N–H and O–H groups in total. The number of benzene rings is 1. The lowest BCUT2D eigenvalue weighted by atomic mass is 10.3. The van der Waals surface area contributed by atoms with Gasteiger partial charge in [0.1, 0.15) is 11.5 Å². The number of para-hydroxylation sites is 1. The molecule has 1 aromatic heterocycles. The average Bonchev–Trinajstić information content (AvgIpc) is 2.57. The van der Waals surface area contributed by atoms with Gasteiger partial charge in [0.05, 0.1) is 14.3 Å². The summed E-state index contributed by atoms with van der Waals surface area (Å²) in [5, 5.41) is 13.0. The summed E-state index contributed by atoms with van der Waals surface area (Å²) in [7, 11) is 0. The zero-order valence-electron chi connectivity index (χ0n) is 9.12. The summed E-state index contributed by atoms with van der Waals surface area (Å²) in [5.41, 5.74) is 0.467. The Kier molecular flexibility index (Phi) is 3.58. The van der Waals surface area contributed by atoms with Crippen LogP contribution in [0.15, 0.2) is 18.2 Å². The van der Waals surface area contributed by atoms with E-state index in [1.54, 1.807) is 6.92 Å². The van der Waals surface area contributed by atoms with Crippen molar-refractivity contribution in [3.8, 4) is 5.69 Å². The van der Waals surface area contributed by atoms with Gasteiger partial charge in [-0.15, -0.1) is 0 Å². The lowest BCUT2D eigenvalue weighted by Crippen LogP contribution is -2.05. The number of carbonyl (C=O) groups is 1. The second kappa shape index (κ2) is 4.85. The van der Waals surface area contributed by atoms with E-state index in [9.17, 15) is 9.18 Å². The van der Waals surface area contributed by atoms with Crippen molar-refractivity contribution in [2.45, 2.75) is 6.92 Å². The van der Waals surface area contributed by atoms with E-state index in [2.05, 4.69) is 5.10 Å². The minimum atomic E-state index is -1.16. The van der Waals surface area contributed by atoms with Gasteiger partial charge in [-0.25, -0.2) is 13.9 Å². The SMILES string of the molecule is Cc1c(I)c(C(=O)O)nn1-c1c(F)cccc1Cl. The third-order valence-corrected chi connectivity index (χ3v) is 3.99. The number of carboxylic acids is 1. The summed E-state index contributed by atoms with van der Waals surface area (Å²) >= 11 is 7.79. The second-order valence-corrected chi connectivity index (χ2v) is 5.02. The van der Waals surface area contributed by atoms with E-state index in [0.717, 1.165) is 0 Å². The molecule has 1 aromatic carbocycles. The van der Waals surface area contributed by atoms with Gasteiger partial charge in [0.2, 0.25) is 0 Å². The summed E-state index contributed by atoms with van der Waals surface area (Å²) < 4.78 is 15.4. The normalized spacial score (nSPS) is 10.7. The number of hydrogen-bond acceptors (Lipinski definition) is 2. The number of nitrogens with zero attached hydrogens (tertiary/aromatic N) is 2. The van der Waals surface area contributed by atoms with Crippen LogP contribution >= 0.6 is 34.2 Å². The van der Waals surface area contributed by atoms with Crippen molar-refractivity contribution in [3.63, 3.8) is 0 Å². The molecule has 0 aliphatic heterocycles. The van der Waals surface area contributed by atoms with Crippen LogP contribution in [-0.4, -0.2) is 20.9 Å². The predicted molar refractivity (Wildman–Crippen MR) is 72.9 cm³/mol. The zero-order chi connectivity index (χ0) is 13.4. The van der Waals surface area contributed by atoms with Crippen molar-refractivity contribution in [2.24, 2.45) is 0 Å². The molecule has 0 saturated carbocycles. The maximum absolute atomic E-state index is 13.8. The molecule has 0 radical (unpaired) electrons. The molecule has 0 aliphatic carbocycles. The summed E-state index contributed by atoms with van der Waals surface area (Å²) in [6.45, 7) is 1.66. The Morgan fingerprint density at radius 2 is 2.22 bits per heavy atom. The van der Waals surface area contributed by atoms with Crippen molar-refractivity contribution in [2.75, 3.05) is 0 Å². The monoisotopic (exact) mass is 380 g/mol. The zero-order valence-corrected chi connectivity index (χ0v) is 12.0. The van der Waals surface area contributed by atoms with E-state index in [0.29, 0.717) is 9.26 Å². The van der Waals surface area contributed by atoms with Crippen LogP contribution in [0, 0.1) is 16.3 Å². The van der Waals surface area contributed by atoms with E-state index < -0.39 is 11.8 Å². The van der Waals surface area contributed by atoms with Gasteiger partial charge in [-0.1, -0.05) is 17.7 Å². The van der Waals surface area contributed by atoms with Gasteiger partial charge >= 0.3 is 5.97 Å². The van der Waals surface area contributed by atoms with Crippen LogP contribution in [0.1, 0.15) is 16.2 Å². The van der Waals surface area contributed by atoms with E-state index in [1.165, 1.54) is 22.9 Å². The quantitative estimate of drug-likeness (QED) is 0.814. The summed E-state index contributed by atoms with van der Waals surface area (Å²) in [6.07, 6.45) is 0. The highest BCUT2D eigenvalue weighted by Gasteiger charge is 2.21. The second-order valence-electron chi connectivity index (χ2n) is 3.54. The molecular formula is C11H7ClFIN2O2. The molecule has 0 amide bonds. The van der Waals surface area contributed by atoms with Gasteiger partial charge in [-0.3, -0.25) is 0 Å². The van der Waals surface area contributed by atoms with E-state index in [4.69, 9.17) is 16.7 Å². The number of hydrogen-bond donors (Lipinski definition) is 1. The fourth-order valence-corrected chi connectivity index (χ4v) is 2.34. The molecule has 0 fully saturated rings. The highest BCUT2D eigenvalue weighted by molar-refractivity contribution is 14.1. The third-order valence-electron chi connectivity index (χ3n) is 2.40. The maximum atomic E-state index is 13.8. The van der Waals surface area contributed by atoms with Crippen LogP contribution in [0.5, 0.6) is 0 Å². The Balaban J connectivity index is 2.73. The molecule has 0 spiro atoms. The Hall–Kier alpha value is -1.15. The number of aromatic nitrogens is 2. The number of aromatic carboxylic acids is 1. The maximum Gasteiger partial charge on any atom is 0.357 e. The lowest BCUT2D eigenvalue weighted by molar-refractivity contribution is 0.0689. The van der Waals surface area contributed by atoms with Crippen molar-refractivity contribution in [3.05, 3.63) is 44.0 Å². The van der Waals surface area contributed by atoms with Crippen LogP contribution in [0.2, 0.25) is 5.02 Å². The Labute approximate surface area is 121 Å². The number of rotatable bonds is 2. The summed E-state index contributed by atoms with van der Waals surface area (Å²) in [4.78, 5) is 11.0. The first-order valence-electron chi connectivity index (χ1n) is 4.86. The third kappa shape index (κ3) is 2.10. The standard InChI is InChI=1S/C11H7ClFIN2O2/c1-5-8(14)9(11(17)18)15-16(5)10-6(12)3-2-4-7(10)13/h2-4H,1H3,(H,17,18). The molecule has 4 nitrogen and oxygen atoms in total. The first-order valence-corrected chi connectivity index (χ1v) is 6.32. The van der Waals surface area contributed by atoms with Crippen molar-refractivity contribution in [1.29, 1.82) is 0 Å². The van der Waals surface area contributed by atoms with Crippen LogP contribution in [0.4, 0.5) is 4.39 Å². The van der Waals surface area contributed by atoms with Gasteiger partial charge in [-0.2, -0.15) is 5.10 Å². The topological polar surface area (TPSA) is 55.1 Å². The van der Waals surface area contributed by atoms with Crippen LogP contribution in [0.25, 0.3) is 5.69 Å². The van der Waals surface area contributed by atoms with E-state index in [1.807, 2.05) is 22.6 Å². The Morgan fingerprint density at radius 1 is 1.56 bits per heavy atom. The number of carboxylic acid groups (broad SMARTS) is 1. The fraction of sp³-hybridized carbons (Fsp3) is 0.0909. The van der Waals surface area contributed by atoms with Gasteiger partial charge < -0.3 is 5.11 Å². The molecule has 1 heterocycles. The van der Waals surface area contributed by atoms with Crippen LogP contribution in [-0.2, 0) is 0 Å². The molecule has 0 bridgehead atoms. The highest BCUT2D eigenvalue weighted by atomic mass is 127. The molecular weight excluding hydrogens is 373 g/mol. The van der Waals surface area contributed by atoms with Gasteiger partial charge in [0.15, 0.2) is 5.69 Å². The molecule has 94 valence electrons. The first-order chi connectivity index (χ1) is 8.43. The Morgan fingerprint density at radius 3 is 2.72 bits per heavy atom.